The van der Waals surface area contributed by atoms with Crippen LogP contribution in [-0.4, -0.2) is 20.6 Å². The molecule has 2 N–H and O–H groups in total. The van der Waals surface area contributed by atoms with Gasteiger partial charge in [0.25, 0.3) is 0 Å². The standard InChI is InChI=1S/C11H9F3N2OS/c12-11(13,14)18-9-3-1-7(2-4-9)10-15-5-8(6-17)16-10/h1-5,17H,6H2,(H,15,16). The Morgan fingerprint density at radius 3 is 2.39 bits per heavy atom. The van der Waals surface area contributed by atoms with E-state index in [1.807, 2.05) is 0 Å². The Hall–Kier alpha value is -1.47. The largest absolute Gasteiger partial charge is 0.446 e. The minimum atomic E-state index is -4.28. The van der Waals surface area contributed by atoms with Gasteiger partial charge in [0.05, 0.1) is 18.5 Å². The van der Waals surface area contributed by atoms with E-state index >= 15 is 0 Å². The Morgan fingerprint density at radius 2 is 1.89 bits per heavy atom. The highest BCUT2D eigenvalue weighted by atomic mass is 32.2. The summed E-state index contributed by atoms with van der Waals surface area (Å²) in [5, 5.41) is 8.87. The highest BCUT2D eigenvalue weighted by Crippen LogP contribution is 2.37. The average Bonchev–Trinajstić information content (AvgIpc) is 2.76. The summed E-state index contributed by atoms with van der Waals surface area (Å²) in [5.74, 6) is 0.516. The molecule has 7 heteroatoms. The Balaban J connectivity index is 2.17. The van der Waals surface area contributed by atoms with Crippen LogP contribution in [0.25, 0.3) is 11.4 Å². The van der Waals surface area contributed by atoms with Crippen LogP contribution in [0.2, 0.25) is 0 Å². The van der Waals surface area contributed by atoms with Crippen molar-refractivity contribution in [2.75, 3.05) is 0 Å². The molecular weight excluding hydrogens is 265 g/mol. The van der Waals surface area contributed by atoms with E-state index in [0.717, 1.165) is 0 Å². The summed E-state index contributed by atoms with van der Waals surface area (Å²) in [5.41, 5.74) is -3.06. The second kappa shape index (κ2) is 5.03. The van der Waals surface area contributed by atoms with Crippen LogP contribution >= 0.6 is 11.8 Å². The second-order valence-electron chi connectivity index (χ2n) is 3.49. The van der Waals surface area contributed by atoms with Crippen LogP contribution in [0.15, 0.2) is 35.4 Å². The van der Waals surface area contributed by atoms with Crippen LogP contribution in [0.1, 0.15) is 5.69 Å². The Kier molecular flexibility index (Phi) is 3.63. The van der Waals surface area contributed by atoms with Gasteiger partial charge in [0, 0.05) is 10.5 Å². The number of benzene rings is 1. The van der Waals surface area contributed by atoms with Crippen molar-refractivity contribution in [3.8, 4) is 11.4 Å². The third-order valence-corrected chi connectivity index (χ3v) is 2.90. The van der Waals surface area contributed by atoms with Gasteiger partial charge in [-0.2, -0.15) is 13.2 Å². The SMILES string of the molecule is OCc1cnc(-c2ccc(SC(F)(F)F)cc2)[nH]1. The minimum Gasteiger partial charge on any atom is -0.390 e. The smallest absolute Gasteiger partial charge is 0.390 e. The molecule has 0 aliphatic rings. The number of halogens is 3. The maximum atomic E-state index is 12.1. The number of nitrogens with one attached hydrogen (secondary N) is 1. The van der Waals surface area contributed by atoms with Crippen molar-refractivity contribution in [3.63, 3.8) is 0 Å². The van der Waals surface area contributed by atoms with Gasteiger partial charge in [-0.15, -0.1) is 0 Å². The van der Waals surface area contributed by atoms with Gasteiger partial charge in [-0.25, -0.2) is 4.98 Å². The van der Waals surface area contributed by atoms with Crippen LogP contribution in [-0.2, 0) is 6.61 Å². The number of aliphatic hydroxyl groups excluding tert-OH is 1. The first kappa shape index (κ1) is 13.0. The average molecular weight is 274 g/mol. The molecule has 1 aromatic heterocycles. The van der Waals surface area contributed by atoms with E-state index < -0.39 is 5.51 Å². The maximum Gasteiger partial charge on any atom is 0.446 e. The van der Waals surface area contributed by atoms with E-state index in [4.69, 9.17) is 5.11 Å². The fourth-order valence-electron chi connectivity index (χ4n) is 1.40. The summed E-state index contributed by atoms with van der Waals surface area (Å²) >= 11 is -0.156. The minimum absolute atomic E-state index is 0.125. The first-order chi connectivity index (χ1) is 8.48. The van der Waals surface area contributed by atoms with Crippen molar-refractivity contribution in [1.82, 2.24) is 9.97 Å². The number of H-pyrrole nitrogens is 1. The van der Waals surface area contributed by atoms with Gasteiger partial charge in [0.15, 0.2) is 0 Å². The maximum absolute atomic E-state index is 12.1. The van der Waals surface area contributed by atoms with Gasteiger partial charge in [-0.3, -0.25) is 0 Å². The molecule has 0 atom stereocenters. The molecule has 2 aromatic rings. The summed E-state index contributed by atoms with van der Waals surface area (Å²) in [6.07, 6.45) is 1.48. The summed E-state index contributed by atoms with van der Waals surface area (Å²) in [6, 6.07) is 5.87. The van der Waals surface area contributed by atoms with Crippen LogP contribution in [0.3, 0.4) is 0 Å². The van der Waals surface area contributed by atoms with Crippen LogP contribution in [0.5, 0.6) is 0 Å². The molecule has 0 radical (unpaired) electrons. The van der Waals surface area contributed by atoms with Crippen molar-refractivity contribution in [1.29, 1.82) is 0 Å². The zero-order valence-electron chi connectivity index (χ0n) is 9.03. The molecule has 0 fully saturated rings. The van der Waals surface area contributed by atoms with Crippen molar-refractivity contribution in [3.05, 3.63) is 36.2 Å². The molecule has 18 heavy (non-hydrogen) atoms. The van der Waals surface area contributed by atoms with Crippen LogP contribution in [0, 0.1) is 0 Å². The monoisotopic (exact) mass is 274 g/mol. The molecule has 3 nitrogen and oxygen atoms in total. The fraction of sp³-hybridized carbons (Fsp3) is 0.182. The number of aliphatic hydroxyl groups is 1. The molecule has 0 amide bonds. The number of thioether (sulfide) groups is 1. The molecule has 0 unspecified atom stereocenters. The van der Waals surface area contributed by atoms with Crippen molar-refractivity contribution in [2.24, 2.45) is 0 Å². The predicted octanol–water partition coefficient (Wildman–Crippen LogP) is 3.18. The van der Waals surface area contributed by atoms with Gasteiger partial charge in [0.2, 0.25) is 0 Å². The van der Waals surface area contributed by atoms with Gasteiger partial charge in [0.1, 0.15) is 5.82 Å². The third kappa shape index (κ3) is 3.27. The van der Waals surface area contributed by atoms with Gasteiger partial charge < -0.3 is 10.1 Å². The van der Waals surface area contributed by atoms with Crippen molar-refractivity contribution in [2.45, 2.75) is 17.0 Å². The number of imidazole rings is 1. The van der Waals surface area contributed by atoms with E-state index in [-0.39, 0.29) is 23.3 Å². The van der Waals surface area contributed by atoms with E-state index in [9.17, 15) is 13.2 Å². The Bertz CT molecular complexity index is 522. The number of nitrogens with zero attached hydrogens (tertiary/aromatic N) is 1. The van der Waals surface area contributed by atoms with E-state index in [1.54, 1.807) is 12.1 Å². The van der Waals surface area contributed by atoms with Gasteiger partial charge >= 0.3 is 5.51 Å². The molecule has 0 bridgehead atoms. The van der Waals surface area contributed by atoms with Gasteiger partial charge in [-0.1, -0.05) is 12.1 Å². The lowest BCUT2D eigenvalue weighted by molar-refractivity contribution is -0.0328. The molecule has 96 valence electrons. The number of aromatic amines is 1. The summed E-state index contributed by atoms with van der Waals surface area (Å²) in [6.45, 7) is -0.158. The molecule has 1 aromatic carbocycles. The second-order valence-corrected chi connectivity index (χ2v) is 4.63. The first-order valence-electron chi connectivity index (χ1n) is 4.99. The van der Waals surface area contributed by atoms with E-state index in [1.165, 1.54) is 18.3 Å². The number of hydrogen-bond donors (Lipinski definition) is 2. The van der Waals surface area contributed by atoms with E-state index in [2.05, 4.69) is 9.97 Å². The van der Waals surface area contributed by atoms with Crippen LogP contribution < -0.4 is 0 Å². The molecule has 0 saturated heterocycles. The van der Waals surface area contributed by atoms with Crippen molar-refractivity contribution < 1.29 is 18.3 Å². The summed E-state index contributed by atoms with van der Waals surface area (Å²) in [4.78, 5) is 7.00. The first-order valence-corrected chi connectivity index (χ1v) is 5.80. The van der Waals surface area contributed by atoms with Crippen LogP contribution in [0.4, 0.5) is 13.2 Å². The predicted molar refractivity (Wildman–Crippen MR) is 61.9 cm³/mol. The lowest BCUT2D eigenvalue weighted by Crippen LogP contribution is -1.98. The number of rotatable bonds is 3. The lowest BCUT2D eigenvalue weighted by atomic mass is 10.2. The molecule has 0 saturated carbocycles. The molecule has 0 spiro atoms. The number of aromatic nitrogens is 2. The lowest BCUT2D eigenvalue weighted by Gasteiger charge is -2.05. The topological polar surface area (TPSA) is 48.9 Å². The zero-order chi connectivity index (χ0) is 13.2. The summed E-state index contributed by atoms with van der Waals surface area (Å²) < 4.78 is 36.4. The highest BCUT2D eigenvalue weighted by Gasteiger charge is 2.29. The van der Waals surface area contributed by atoms with Crippen molar-refractivity contribution >= 4 is 11.8 Å². The Morgan fingerprint density at radius 1 is 1.22 bits per heavy atom. The molecule has 0 aliphatic heterocycles. The zero-order valence-corrected chi connectivity index (χ0v) is 9.85. The fourth-order valence-corrected chi connectivity index (χ4v) is 1.94. The molecule has 1 heterocycles. The van der Waals surface area contributed by atoms with Gasteiger partial charge in [-0.05, 0) is 23.9 Å². The molecular formula is C11H9F3N2OS. The number of hydrogen-bond acceptors (Lipinski definition) is 3. The third-order valence-electron chi connectivity index (χ3n) is 2.16. The normalized spacial score (nSPS) is 11.8. The molecule has 2 rings (SSSR count). The quantitative estimate of drug-likeness (QED) is 0.845. The highest BCUT2D eigenvalue weighted by molar-refractivity contribution is 8.00. The Labute approximate surface area is 105 Å². The summed E-state index contributed by atoms with van der Waals surface area (Å²) in [7, 11) is 0. The number of alkyl halides is 3. The molecule has 0 aliphatic carbocycles. The van der Waals surface area contributed by atoms with E-state index in [0.29, 0.717) is 17.1 Å².